The summed E-state index contributed by atoms with van der Waals surface area (Å²) in [6.07, 6.45) is 13.3. The molecule has 1 aromatic heterocycles. The van der Waals surface area contributed by atoms with Crippen molar-refractivity contribution >= 4 is 27.9 Å². The van der Waals surface area contributed by atoms with Gasteiger partial charge in [0.1, 0.15) is 14.3 Å². The summed E-state index contributed by atoms with van der Waals surface area (Å²) in [4.78, 5) is 12.7. The number of nitrogens with zero attached hydrogens (tertiary/aromatic N) is 3. The fourth-order valence-corrected chi connectivity index (χ4v) is 3.80. The largest absolute Gasteiger partial charge is 0.372 e. The molecule has 2 aliphatic heterocycles. The summed E-state index contributed by atoms with van der Waals surface area (Å²) in [5.74, 6) is 0. The molecule has 1 unspecified atom stereocenters. The van der Waals surface area contributed by atoms with Gasteiger partial charge in [-0.3, -0.25) is 9.98 Å². The van der Waals surface area contributed by atoms with Crippen LogP contribution in [0.3, 0.4) is 0 Å². The molecule has 1 atom stereocenters. The number of allylic oxidation sites excluding steroid dienone is 2. The van der Waals surface area contributed by atoms with E-state index in [0.717, 1.165) is 15.9 Å². The Labute approximate surface area is 108 Å². The maximum Gasteiger partial charge on any atom is 0.133 e. The number of hydrogen-bond donors (Lipinski definition) is 1. The smallest absolute Gasteiger partial charge is 0.133 e. The van der Waals surface area contributed by atoms with Crippen LogP contribution in [0, 0.1) is 0 Å². The van der Waals surface area contributed by atoms with Crippen molar-refractivity contribution in [2.75, 3.05) is 6.54 Å². The van der Waals surface area contributed by atoms with Crippen LogP contribution in [0.15, 0.2) is 53.0 Å². The molecule has 0 saturated carbocycles. The van der Waals surface area contributed by atoms with E-state index in [4.69, 9.17) is 0 Å². The first-order chi connectivity index (χ1) is 8.36. The summed E-state index contributed by atoms with van der Waals surface area (Å²) in [6.45, 7) is 0.751. The van der Waals surface area contributed by atoms with E-state index in [0.29, 0.717) is 0 Å². The van der Waals surface area contributed by atoms with Gasteiger partial charge in [-0.1, -0.05) is 17.8 Å². The first-order valence-corrected chi connectivity index (χ1v) is 6.79. The predicted molar refractivity (Wildman–Crippen MR) is 71.9 cm³/mol. The van der Waals surface area contributed by atoms with E-state index in [-0.39, 0.29) is 4.87 Å². The van der Waals surface area contributed by atoms with Crippen molar-refractivity contribution in [3.8, 4) is 0 Å². The lowest BCUT2D eigenvalue weighted by Crippen LogP contribution is -2.38. The number of dihydropyridines is 1. The number of aromatic nitrogens is 2. The van der Waals surface area contributed by atoms with Gasteiger partial charge in [-0.2, -0.15) is 0 Å². The lowest BCUT2D eigenvalue weighted by molar-refractivity contribution is 0.659. The van der Waals surface area contributed by atoms with E-state index in [1.54, 1.807) is 42.1 Å². The van der Waals surface area contributed by atoms with E-state index in [2.05, 4.69) is 32.4 Å². The number of thioether (sulfide) groups is 2. The average Bonchev–Trinajstić information content (AvgIpc) is 2.74. The summed E-state index contributed by atoms with van der Waals surface area (Å²) in [5.41, 5.74) is 0. The molecule has 2 aliphatic rings. The maximum absolute atomic E-state index is 4.54. The van der Waals surface area contributed by atoms with Crippen LogP contribution in [0.5, 0.6) is 0 Å². The molecule has 86 valence electrons. The van der Waals surface area contributed by atoms with Crippen LogP contribution in [0.1, 0.15) is 0 Å². The van der Waals surface area contributed by atoms with Crippen LogP contribution in [0.25, 0.3) is 0 Å². The first kappa shape index (κ1) is 10.9. The second-order valence-electron chi connectivity index (χ2n) is 3.58. The SMILES string of the molecule is C1=CNC2(C=C1)CN=C(Sc1cnccn1)S2. The molecule has 0 bridgehead atoms. The molecule has 1 spiro atoms. The Morgan fingerprint density at radius 3 is 3.12 bits per heavy atom. The Kier molecular flexibility index (Phi) is 2.90. The Bertz CT molecular complexity index is 497. The zero-order valence-corrected chi connectivity index (χ0v) is 10.5. The van der Waals surface area contributed by atoms with Gasteiger partial charge in [0.2, 0.25) is 0 Å². The van der Waals surface area contributed by atoms with E-state index in [1.807, 2.05) is 12.3 Å². The van der Waals surface area contributed by atoms with Gasteiger partial charge in [0.15, 0.2) is 0 Å². The molecular formula is C11H10N4S2. The van der Waals surface area contributed by atoms with Crippen LogP contribution >= 0.6 is 23.5 Å². The minimum atomic E-state index is -0.0979. The molecule has 1 N–H and O–H groups in total. The van der Waals surface area contributed by atoms with E-state index in [9.17, 15) is 0 Å². The fraction of sp³-hybridized carbons (Fsp3) is 0.182. The van der Waals surface area contributed by atoms with Crippen molar-refractivity contribution in [3.05, 3.63) is 43.0 Å². The molecule has 0 fully saturated rings. The van der Waals surface area contributed by atoms with E-state index < -0.39 is 0 Å². The molecule has 0 aromatic carbocycles. The Hall–Kier alpha value is -1.27. The quantitative estimate of drug-likeness (QED) is 0.839. The van der Waals surface area contributed by atoms with Crippen molar-refractivity contribution in [2.45, 2.75) is 9.90 Å². The van der Waals surface area contributed by atoms with Gasteiger partial charge in [-0.25, -0.2) is 4.98 Å². The lowest BCUT2D eigenvalue weighted by Gasteiger charge is -2.25. The molecule has 1 aromatic rings. The molecule has 6 heteroatoms. The highest BCUT2D eigenvalue weighted by molar-refractivity contribution is 8.39. The summed E-state index contributed by atoms with van der Waals surface area (Å²) >= 11 is 3.28. The molecule has 0 radical (unpaired) electrons. The van der Waals surface area contributed by atoms with Gasteiger partial charge in [-0.05, 0) is 30.1 Å². The molecule has 3 rings (SSSR count). The highest BCUT2D eigenvalue weighted by atomic mass is 32.2. The summed E-state index contributed by atoms with van der Waals surface area (Å²) < 4.78 is 1.03. The third-order valence-corrected chi connectivity index (χ3v) is 4.62. The molecule has 17 heavy (non-hydrogen) atoms. The summed E-state index contributed by atoms with van der Waals surface area (Å²) in [7, 11) is 0. The number of rotatable bonds is 1. The monoisotopic (exact) mass is 262 g/mol. The number of aliphatic imine (C=N–C) groups is 1. The van der Waals surface area contributed by atoms with Gasteiger partial charge in [0.25, 0.3) is 0 Å². The Morgan fingerprint density at radius 1 is 1.35 bits per heavy atom. The third-order valence-electron chi connectivity index (χ3n) is 2.34. The maximum atomic E-state index is 4.54. The zero-order chi connectivity index (χ0) is 11.6. The van der Waals surface area contributed by atoms with Gasteiger partial charge in [-0.15, -0.1) is 0 Å². The standard InChI is InChI=1S/C11H10N4S2/c1-2-4-15-11(3-1)8-14-10(17-11)16-9-7-12-5-6-13-9/h1-7,15H,8H2. The molecule has 0 saturated heterocycles. The highest BCUT2D eigenvalue weighted by Crippen LogP contribution is 2.39. The fourth-order valence-electron chi connectivity index (χ4n) is 1.55. The van der Waals surface area contributed by atoms with Crippen LogP contribution in [-0.4, -0.2) is 25.8 Å². The average molecular weight is 262 g/mol. The summed E-state index contributed by atoms with van der Waals surface area (Å²) in [6, 6.07) is 0. The van der Waals surface area contributed by atoms with Crippen molar-refractivity contribution in [1.82, 2.24) is 15.3 Å². The minimum Gasteiger partial charge on any atom is -0.372 e. The van der Waals surface area contributed by atoms with Gasteiger partial charge in [0.05, 0.1) is 12.7 Å². The van der Waals surface area contributed by atoms with E-state index >= 15 is 0 Å². The molecule has 3 heterocycles. The van der Waals surface area contributed by atoms with Gasteiger partial charge in [0, 0.05) is 12.4 Å². The normalized spacial score (nSPS) is 26.0. The summed E-state index contributed by atoms with van der Waals surface area (Å²) in [5, 5.41) is 4.22. The topological polar surface area (TPSA) is 50.2 Å². The zero-order valence-electron chi connectivity index (χ0n) is 8.91. The highest BCUT2D eigenvalue weighted by Gasteiger charge is 2.34. The first-order valence-electron chi connectivity index (χ1n) is 5.16. The molecular weight excluding hydrogens is 252 g/mol. The Morgan fingerprint density at radius 2 is 2.35 bits per heavy atom. The second-order valence-corrected chi connectivity index (χ2v) is 6.17. The lowest BCUT2D eigenvalue weighted by atomic mass is 10.2. The second kappa shape index (κ2) is 4.54. The van der Waals surface area contributed by atoms with Crippen LogP contribution < -0.4 is 5.32 Å². The van der Waals surface area contributed by atoms with Crippen LogP contribution in [0.4, 0.5) is 0 Å². The molecule has 0 aliphatic carbocycles. The van der Waals surface area contributed by atoms with Crippen LogP contribution in [-0.2, 0) is 0 Å². The van der Waals surface area contributed by atoms with Crippen molar-refractivity contribution in [2.24, 2.45) is 4.99 Å². The predicted octanol–water partition coefficient (Wildman–Crippen LogP) is 2.04. The minimum absolute atomic E-state index is 0.0979. The number of hydrogen-bond acceptors (Lipinski definition) is 6. The van der Waals surface area contributed by atoms with Crippen molar-refractivity contribution < 1.29 is 0 Å². The molecule has 4 nitrogen and oxygen atoms in total. The van der Waals surface area contributed by atoms with Gasteiger partial charge < -0.3 is 5.32 Å². The molecule has 0 amide bonds. The number of nitrogens with one attached hydrogen (secondary N) is 1. The van der Waals surface area contributed by atoms with Crippen molar-refractivity contribution in [3.63, 3.8) is 0 Å². The van der Waals surface area contributed by atoms with Crippen molar-refractivity contribution in [1.29, 1.82) is 0 Å². The van der Waals surface area contributed by atoms with Gasteiger partial charge >= 0.3 is 0 Å². The third kappa shape index (κ3) is 2.37. The Balaban J connectivity index is 1.68. The van der Waals surface area contributed by atoms with E-state index in [1.165, 1.54) is 0 Å². The van der Waals surface area contributed by atoms with Crippen LogP contribution in [0.2, 0.25) is 0 Å².